The molecule has 1 rings (SSSR count). The van der Waals surface area contributed by atoms with Crippen molar-refractivity contribution in [3.05, 3.63) is 35.4 Å². The third-order valence-corrected chi connectivity index (χ3v) is 3.71. The van der Waals surface area contributed by atoms with Crippen molar-refractivity contribution in [2.24, 2.45) is 5.92 Å². The Morgan fingerprint density at radius 1 is 1.10 bits per heavy atom. The van der Waals surface area contributed by atoms with Crippen LogP contribution in [0.15, 0.2) is 24.3 Å². The molecule has 0 bridgehead atoms. The van der Waals surface area contributed by atoms with Gasteiger partial charge < -0.3 is 0 Å². The minimum Gasteiger partial charge on any atom is -0.293 e. The molecule has 21 heavy (non-hydrogen) atoms. The molecule has 0 fully saturated rings. The van der Waals surface area contributed by atoms with Gasteiger partial charge in [0.05, 0.1) is 12.2 Å². The Balaban J connectivity index is 2.35. The molecule has 0 aliphatic heterocycles. The lowest BCUT2D eigenvalue weighted by atomic mass is 10.0. The Labute approximate surface area is 128 Å². The van der Waals surface area contributed by atoms with Crippen LogP contribution in [0.3, 0.4) is 0 Å². The molecule has 1 unspecified atom stereocenters. The maximum atomic E-state index is 11.9. The number of rotatable bonds is 10. The fraction of sp³-hybridized carbons (Fsp3) is 0.611. The third kappa shape index (κ3) is 6.76. The monoisotopic (exact) mass is 292 g/mol. The third-order valence-electron chi connectivity index (χ3n) is 3.71. The summed E-state index contributed by atoms with van der Waals surface area (Å²) >= 11 is 0. The highest BCUT2D eigenvalue weighted by atomic mass is 17.2. The first-order chi connectivity index (χ1) is 10.2. The largest absolute Gasteiger partial charge is 0.373 e. The van der Waals surface area contributed by atoms with Crippen LogP contribution in [0.5, 0.6) is 0 Å². The number of unbranched alkanes of at least 4 members (excludes halogenated alkanes) is 1. The second-order valence-corrected chi connectivity index (χ2v) is 5.52. The van der Waals surface area contributed by atoms with Gasteiger partial charge in [-0.25, -0.2) is 4.79 Å². The lowest BCUT2D eigenvalue weighted by molar-refractivity contribution is -0.249. The van der Waals surface area contributed by atoms with Crippen LogP contribution >= 0.6 is 0 Å². The number of carbonyl (C=O) groups is 1. The van der Waals surface area contributed by atoms with Gasteiger partial charge in [0.1, 0.15) is 0 Å². The molecule has 0 aromatic heterocycles. The zero-order chi connectivity index (χ0) is 15.5. The number of benzene rings is 1. The molecule has 0 amide bonds. The summed E-state index contributed by atoms with van der Waals surface area (Å²) in [6, 6.07) is 7.53. The standard InChI is InChI=1S/C18H28O3/c1-4-7-9-15(6-3)14-20-21-18(19)17-12-10-16(8-5-2)11-13-17/h10-13,15H,4-9,14H2,1-3H3. The van der Waals surface area contributed by atoms with Gasteiger partial charge in [-0.2, -0.15) is 4.89 Å². The molecule has 1 atom stereocenters. The van der Waals surface area contributed by atoms with Crippen LogP contribution in [0.1, 0.15) is 68.8 Å². The second kappa shape index (κ2) is 10.4. The molecule has 1 aromatic rings. The topological polar surface area (TPSA) is 35.5 Å². The zero-order valence-corrected chi connectivity index (χ0v) is 13.6. The van der Waals surface area contributed by atoms with Gasteiger partial charge in [0, 0.05) is 0 Å². The van der Waals surface area contributed by atoms with E-state index in [9.17, 15) is 4.79 Å². The quantitative estimate of drug-likeness (QED) is 0.452. The molecular weight excluding hydrogens is 264 g/mol. The van der Waals surface area contributed by atoms with Crippen LogP contribution in [-0.2, 0) is 16.2 Å². The average Bonchev–Trinajstić information content (AvgIpc) is 2.51. The van der Waals surface area contributed by atoms with Crippen molar-refractivity contribution in [3.63, 3.8) is 0 Å². The summed E-state index contributed by atoms with van der Waals surface area (Å²) in [7, 11) is 0. The van der Waals surface area contributed by atoms with Crippen molar-refractivity contribution in [2.75, 3.05) is 6.61 Å². The zero-order valence-electron chi connectivity index (χ0n) is 13.6. The van der Waals surface area contributed by atoms with Crippen molar-refractivity contribution >= 4 is 5.97 Å². The number of carbonyl (C=O) groups excluding carboxylic acids is 1. The molecule has 0 saturated heterocycles. The van der Waals surface area contributed by atoms with Gasteiger partial charge in [-0.05, 0) is 36.5 Å². The Kier molecular flexibility index (Phi) is 8.76. The summed E-state index contributed by atoms with van der Waals surface area (Å²) in [5.41, 5.74) is 1.78. The van der Waals surface area contributed by atoms with E-state index in [1.165, 1.54) is 18.4 Å². The van der Waals surface area contributed by atoms with E-state index in [2.05, 4.69) is 20.8 Å². The highest BCUT2D eigenvalue weighted by Crippen LogP contribution is 2.14. The molecule has 0 heterocycles. The molecule has 0 N–H and O–H groups in total. The van der Waals surface area contributed by atoms with Crippen molar-refractivity contribution < 1.29 is 14.6 Å². The maximum absolute atomic E-state index is 11.9. The summed E-state index contributed by atoms with van der Waals surface area (Å²) in [5, 5.41) is 0. The van der Waals surface area contributed by atoms with Crippen molar-refractivity contribution in [1.29, 1.82) is 0 Å². The van der Waals surface area contributed by atoms with Crippen LogP contribution < -0.4 is 0 Å². The predicted molar refractivity (Wildman–Crippen MR) is 85.1 cm³/mol. The summed E-state index contributed by atoms with van der Waals surface area (Å²) in [6.45, 7) is 6.93. The fourth-order valence-corrected chi connectivity index (χ4v) is 2.23. The first kappa shape index (κ1) is 17.7. The van der Waals surface area contributed by atoms with E-state index in [-0.39, 0.29) is 0 Å². The lowest BCUT2D eigenvalue weighted by Crippen LogP contribution is -2.13. The van der Waals surface area contributed by atoms with Gasteiger partial charge in [0.15, 0.2) is 0 Å². The van der Waals surface area contributed by atoms with E-state index in [4.69, 9.17) is 9.78 Å². The van der Waals surface area contributed by atoms with Gasteiger partial charge >= 0.3 is 5.97 Å². The van der Waals surface area contributed by atoms with Crippen LogP contribution in [0.4, 0.5) is 0 Å². The van der Waals surface area contributed by atoms with E-state index >= 15 is 0 Å². The highest BCUT2D eigenvalue weighted by molar-refractivity contribution is 5.88. The second-order valence-electron chi connectivity index (χ2n) is 5.52. The van der Waals surface area contributed by atoms with E-state index in [1.807, 2.05) is 12.1 Å². The van der Waals surface area contributed by atoms with Gasteiger partial charge in [0.25, 0.3) is 0 Å². The molecule has 0 saturated carbocycles. The maximum Gasteiger partial charge on any atom is 0.373 e. The van der Waals surface area contributed by atoms with Crippen LogP contribution in [-0.4, -0.2) is 12.6 Å². The summed E-state index contributed by atoms with van der Waals surface area (Å²) in [4.78, 5) is 21.9. The number of hydrogen-bond donors (Lipinski definition) is 0. The Morgan fingerprint density at radius 2 is 1.81 bits per heavy atom. The first-order valence-corrected chi connectivity index (χ1v) is 8.13. The first-order valence-electron chi connectivity index (χ1n) is 8.13. The molecular formula is C18H28O3. The van der Waals surface area contributed by atoms with Crippen LogP contribution in [0.2, 0.25) is 0 Å². The Morgan fingerprint density at radius 3 is 2.38 bits per heavy atom. The summed E-state index contributed by atoms with van der Waals surface area (Å²) in [5.74, 6) is 0.0491. The smallest absolute Gasteiger partial charge is 0.293 e. The molecule has 118 valence electrons. The Bertz CT molecular complexity index is 397. The van der Waals surface area contributed by atoms with E-state index in [1.54, 1.807) is 12.1 Å². The lowest BCUT2D eigenvalue weighted by Gasteiger charge is -2.13. The average molecular weight is 292 g/mol. The molecule has 0 aliphatic rings. The molecule has 0 aliphatic carbocycles. The molecule has 1 aromatic carbocycles. The van der Waals surface area contributed by atoms with Gasteiger partial charge in [-0.3, -0.25) is 4.89 Å². The van der Waals surface area contributed by atoms with Gasteiger partial charge in [-0.15, -0.1) is 0 Å². The fourth-order valence-electron chi connectivity index (χ4n) is 2.23. The normalized spacial score (nSPS) is 12.1. The van der Waals surface area contributed by atoms with E-state index in [0.29, 0.717) is 18.1 Å². The van der Waals surface area contributed by atoms with Crippen LogP contribution in [0.25, 0.3) is 0 Å². The molecule has 0 radical (unpaired) electrons. The molecule has 3 nitrogen and oxygen atoms in total. The van der Waals surface area contributed by atoms with Gasteiger partial charge in [0.2, 0.25) is 0 Å². The van der Waals surface area contributed by atoms with Crippen molar-refractivity contribution in [3.8, 4) is 0 Å². The number of aryl methyl sites for hydroxylation is 1. The highest BCUT2D eigenvalue weighted by Gasteiger charge is 2.11. The minimum atomic E-state index is -0.414. The summed E-state index contributed by atoms with van der Waals surface area (Å²) < 4.78 is 0. The molecule has 3 heteroatoms. The SMILES string of the molecule is CCCCC(CC)COOC(=O)c1ccc(CCC)cc1. The summed E-state index contributed by atoms with van der Waals surface area (Å²) in [6.07, 6.45) is 6.67. The number of hydrogen-bond acceptors (Lipinski definition) is 3. The van der Waals surface area contributed by atoms with Gasteiger partial charge in [-0.1, -0.05) is 58.6 Å². The van der Waals surface area contributed by atoms with Crippen molar-refractivity contribution in [1.82, 2.24) is 0 Å². The molecule has 0 spiro atoms. The Hall–Kier alpha value is -1.35. The van der Waals surface area contributed by atoms with E-state index < -0.39 is 5.97 Å². The minimum absolute atomic E-state index is 0.414. The van der Waals surface area contributed by atoms with Crippen molar-refractivity contribution in [2.45, 2.75) is 59.3 Å². The van der Waals surface area contributed by atoms with Crippen LogP contribution in [0, 0.1) is 5.92 Å². The predicted octanol–water partition coefficient (Wildman–Crippen LogP) is 4.94. The van der Waals surface area contributed by atoms with E-state index in [0.717, 1.165) is 25.7 Å².